The first-order valence-electron chi connectivity index (χ1n) is 6.83. The Morgan fingerprint density at radius 2 is 1.94 bits per heavy atom. The second-order valence-corrected chi connectivity index (χ2v) is 5.06. The second kappa shape index (κ2) is 6.55. The van der Waals surface area contributed by atoms with Crippen LogP contribution in [-0.4, -0.2) is 18.5 Å². The Labute approximate surface area is 109 Å². The number of hydrogen-bond donors (Lipinski definition) is 2. The first-order valence-corrected chi connectivity index (χ1v) is 6.83. The molecule has 0 radical (unpaired) electrons. The van der Waals surface area contributed by atoms with Gasteiger partial charge in [-0.3, -0.25) is 4.79 Å². The summed E-state index contributed by atoms with van der Waals surface area (Å²) in [4.78, 5) is 11.8. The first-order chi connectivity index (χ1) is 8.75. The molecule has 0 aliphatic heterocycles. The Kier molecular flexibility index (Phi) is 4.76. The fourth-order valence-electron chi connectivity index (χ4n) is 2.45. The van der Waals surface area contributed by atoms with Crippen molar-refractivity contribution >= 4 is 5.91 Å². The number of rotatable bonds is 5. The third kappa shape index (κ3) is 3.84. The second-order valence-electron chi connectivity index (χ2n) is 5.06. The van der Waals surface area contributed by atoms with Gasteiger partial charge >= 0.3 is 0 Å². The van der Waals surface area contributed by atoms with E-state index >= 15 is 0 Å². The van der Waals surface area contributed by atoms with Gasteiger partial charge in [0.25, 0.3) is 0 Å². The summed E-state index contributed by atoms with van der Waals surface area (Å²) in [5.41, 5.74) is 1.21. The minimum atomic E-state index is 0.115. The summed E-state index contributed by atoms with van der Waals surface area (Å²) in [6.45, 7) is 2.48. The zero-order chi connectivity index (χ0) is 12.8. The molecular formula is C15H22N2O. The van der Waals surface area contributed by atoms with Crippen LogP contribution in [0.3, 0.4) is 0 Å². The molecule has 0 aromatic heterocycles. The predicted molar refractivity (Wildman–Crippen MR) is 73.3 cm³/mol. The third-order valence-corrected chi connectivity index (χ3v) is 3.59. The number of carbonyl (C=O) groups is 1. The molecule has 1 fully saturated rings. The van der Waals surface area contributed by atoms with E-state index in [0.717, 1.165) is 12.8 Å². The average molecular weight is 246 g/mol. The molecule has 0 unspecified atom stereocenters. The van der Waals surface area contributed by atoms with Gasteiger partial charge in [-0.05, 0) is 25.3 Å². The summed E-state index contributed by atoms with van der Waals surface area (Å²) >= 11 is 0. The van der Waals surface area contributed by atoms with Crippen LogP contribution in [-0.2, 0) is 4.79 Å². The average Bonchev–Trinajstić information content (AvgIpc) is 2.90. The molecule has 1 atom stereocenters. The van der Waals surface area contributed by atoms with Crippen LogP contribution >= 0.6 is 0 Å². The molecule has 0 heterocycles. The maximum absolute atomic E-state index is 11.8. The zero-order valence-corrected chi connectivity index (χ0v) is 11.0. The standard InChI is InChI=1S/C15H22N2O/c1-12(13-7-3-2-4-8-13)16-11-15(18)17-14-9-5-6-10-14/h2-4,7-8,12,14,16H,5-6,9-11H2,1H3,(H,17,18)/t12-/m0/s1. The molecule has 0 bridgehead atoms. The number of benzene rings is 1. The lowest BCUT2D eigenvalue weighted by Crippen LogP contribution is -2.39. The van der Waals surface area contributed by atoms with E-state index in [2.05, 4.69) is 29.7 Å². The van der Waals surface area contributed by atoms with Crippen LogP contribution in [0, 0.1) is 0 Å². The van der Waals surface area contributed by atoms with Gasteiger partial charge < -0.3 is 10.6 Å². The Hall–Kier alpha value is -1.35. The summed E-state index contributed by atoms with van der Waals surface area (Å²) in [6.07, 6.45) is 4.78. The van der Waals surface area contributed by atoms with Gasteiger partial charge in [0.05, 0.1) is 6.54 Å². The van der Waals surface area contributed by atoms with Crippen LogP contribution in [0.4, 0.5) is 0 Å². The Bertz CT molecular complexity index is 371. The van der Waals surface area contributed by atoms with Gasteiger partial charge in [0.2, 0.25) is 5.91 Å². The van der Waals surface area contributed by atoms with E-state index < -0.39 is 0 Å². The van der Waals surface area contributed by atoms with E-state index in [9.17, 15) is 4.79 Å². The summed E-state index contributed by atoms with van der Waals surface area (Å²) in [6, 6.07) is 10.8. The van der Waals surface area contributed by atoms with Gasteiger partial charge in [-0.1, -0.05) is 43.2 Å². The minimum Gasteiger partial charge on any atom is -0.352 e. The summed E-state index contributed by atoms with van der Waals surface area (Å²) < 4.78 is 0. The highest BCUT2D eigenvalue weighted by molar-refractivity contribution is 5.78. The molecule has 1 amide bonds. The maximum Gasteiger partial charge on any atom is 0.234 e. The normalized spacial score (nSPS) is 17.6. The van der Waals surface area contributed by atoms with Gasteiger partial charge in [0.15, 0.2) is 0 Å². The van der Waals surface area contributed by atoms with Crippen molar-refractivity contribution in [3.63, 3.8) is 0 Å². The van der Waals surface area contributed by atoms with Crippen LogP contribution in [0.2, 0.25) is 0 Å². The smallest absolute Gasteiger partial charge is 0.234 e. The van der Waals surface area contributed by atoms with E-state index in [1.54, 1.807) is 0 Å². The quantitative estimate of drug-likeness (QED) is 0.837. The monoisotopic (exact) mass is 246 g/mol. The molecule has 1 aliphatic rings. The predicted octanol–water partition coefficient (Wildman–Crippen LogP) is 2.40. The van der Waals surface area contributed by atoms with Crippen molar-refractivity contribution in [2.45, 2.75) is 44.7 Å². The molecule has 2 N–H and O–H groups in total. The number of hydrogen-bond acceptors (Lipinski definition) is 2. The van der Waals surface area contributed by atoms with E-state index in [1.165, 1.54) is 18.4 Å². The van der Waals surface area contributed by atoms with Gasteiger partial charge in [0, 0.05) is 12.1 Å². The Balaban J connectivity index is 1.72. The lowest BCUT2D eigenvalue weighted by Gasteiger charge is -2.16. The van der Waals surface area contributed by atoms with Gasteiger partial charge in [0.1, 0.15) is 0 Å². The highest BCUT2D eigenvalue weighted by atomic mass is 16.1. The fourth-order valence-corrected chi connectivity index (χ4v) is 2.45. The Morgan fingerprint density at radius 3 is 2.61 bits per heavy atom. The highest BCUT2D eigenvalue weighted by Gasteiger charge is 2.17. The lowest BCUT2D eigenvalue weighted by molar-refractivity contribution is -0.121. The van der Waals surface area contributed by atoms with Crippen LogP contribution in [0.15, 0.2) is 30.3 Å². The summed E-state index contributed by atoms with van der Waals surface area (Å²) in [5.74, 6) is 0.115. The molecule has 98 valence electrons. The van der Waals surface area contributed by atoms with Crippen LogP contribution < -0.4 is 10.6 Å². The van der Waals surface area contributed by atoms with Crippen molar-refractivity contribution in [3.05, 3.63) is 35.9 Å². The summed E-state index contributed by atoms with van der Waals surface area (Å²) in [7, 11) is 0. The topological polar surface area (TPSA) is 41.1 Å². The molecule has 3 heteroatoms. The molecule has 3 nitrogen and oxygen atoms in total. The lowest BCUT2D eigenvalue weighted by atomic mass is 10.1. The molecule has 0 saturated heterocycles. The number of nitrogens with one attached hydrogen (secondary N) is 2. The molecule has 1 aromatic carbocycles. The van der Waals surface area contributed by atoms with E-state index in [4.69, 9.17) is 0 Å². The molecule has 1 aliphatic carbocycles. The first kappa shape index (κ1) is 13.1. The minimum absolute atomic E-state index is 0.115. The van der Waals surface area contributed by atoms with E-state index in [1.807, 2.05) is 18.2 Å². The van der Waals surface area contributed by atoms with Crippen molar-refractivity contribution in [1.29, 1.82) is 0 Å². The molecule has 2 rings (SSSR count). The van der Waals surface area contributed by atoms with Crippen LogP contribution in [0.5, 0.6) is 0 Å². The van der Waals surface area contributed by atoms with Crippen molar-refractivity contribution in [1.82, 2.24) is 10.6 Å². The maximum atomic E-state index is 11.8. The van der Waals surface area contributed by atoms with Crippen LogP contribution in [0.25, 0.3) is 0 Å². The van der Waals surface area contributed by atoms with E-state index in [-0.39, 0.29) is 11.9 Å². The van der Waals surface area contributed by atoms with Crippen molar-refractivity contribution in [2.75, 3.05) is 6.54 Å². The fraction of sp³-hybridized carbons (Fsp3) is 0.533. The SMILES string of the molecule is C[C@H](NCC(=O)NC1CCCC1)c1ccccc1. The van der Waals surface area contributed by atoms with E-state index in [0.29, 0.717) is 12.6 Å². The largest absolute Gasteiger partial charge is 0.352 e. The van der Waals surface area contributed by atoms with Crippen molar-refractivity contribution in [3.8, 4) is 0 Å². The van der Waals surface area contributed by atoms with Crippen molar-refractivity contribution in [2.24, 2.45) is 0 Å². The van der Waals surface area contributed by atoms with Crippen LogP contribution in [0.1, 0.15) is 44.2 Å². The number of carbonyl (C=O) groups excluding carboxylic acids is 1. The highest BCUT2D eigenvalue weighted by Crippen LogP contribution is 2.17. The molecule has 1 aromatic rings. The molecule has 18 heavy (non-hydrogen) atoms. The molecule has 1 saturated carbocycles. The van der Waals surface area contributed by atoms with Gasteiger partial charge in [-0.2, -0.15) is 0 Å². The molecule has 0 spiro atoms. The van der Waals surface area contributed by atoms with Crippen molar-refractivity contribution < 1.29 is 4.79 Å². The third-order valence-electron chi connectivity index (χ3n) is 3.59. The Morgan fingerprint density at radius 1 is 1.28 bits per heavy atom. The van der Waals surface area contributed by atoms with Gasteiger partial charge in [-0.25, -0.2) is 0 Å². The van der Waals surface area contributed by atoms with Gasteiger partial charge in [-0.15, -0.1) is 0 Å². The molecular weight excluding hydrogens is 224 g/mol. The number of amides is 1. The zero-order valence-electron chi connectivity index (χ0n) is 11.0. The summed E-state index contributed by atoms with van der Waals surface area (Å²) in [5, 5.41) is 6.34.